The van der Waals surface area contributed by atoms with E-state index in [0.717, 1.165) is 13.0 Å². The molecule has 0 amide bonds. The number of nitrogens with one attached hydrogen (secondary N) is 1. The van der Waals surface area contributed by atoms with Gasteiger partial charge in [0.25, 0.3) is 0 Å². The first-order chi connectivity index (χ1) is 9.33. The van der Waals surface area contributed by atoms with Crippen LogP contribution in [0.4, 0.5) is 4.39 Å². The summed E-state index contributed by atoms with van der Waals surface area (Å²) in [6.45, 7) is 9.53. The lowest BCUT2D eigenvalue weighted by molar-refractivity contribution is 0.492. The van der Waals surface area contributed by atoms with Crippen molar-refractivity contribution in [3.05, 3.63) is 35.6 Å². The van der Waals surface area contributed by atoms with E-state index in [-0.39, 0.29) is 35.2 Å². The lowest BCUT2D eigenvalue weighted by Gasteiger charge is -2.23. The van der Waals surface area contributed by atoms with Crippen LogP contribution in [0.5, 0.6) is 0 Å². The molecule has 0 aromatic heterocycles. The Morgan fingerprint density at radius 3 is 2.52 bits per heavy atom. The summed E-state index contributed by atoms with van der Waals surface area (Å²) in [4.78, 5) is 4.33. The van der Waals surface area contributed by atoms with E-state index < -0.39 is 0 Å². The van der Waals surface area contributed by atoms with E-state index in [9.17, 15) is 4.39 Å². The number of nitrogens with zero attached hydrogens (tertiary/aromatic N) is 1. The molecule has 1 rings (SSSR count). The predicted molar refractivity (Wildman–Crippen MR) is 98.8 cm³/mol. The Kier molecular flexibility index (Phi) is 8.85. The van der Waals surface area contributed by atoms with Gasteiger partial charge in [-0.1, -0.05) is 45.9 Å². The van der Waals surface area contributed by atoms with Crippen molar-refractivity contribution < 1.29 is 4.39 Å². The fraction of sp³-hybridized carbons (Fsp3) is 0.562. The third-order valence-electron chi connectivity index (χ3n) is 3.28. The van der Waals surface area contributed by atoms with Crippen LogP contribution in [0.25, 0.3) is 0 Å². The van der Waals surface area contributed by atoms with Crippen molar-refractivity contribution in [1.29, 1.82) is 0 Å². The molecular formula is C16H27FIN3. The summed E-state index contributed by atoms with van der Waals surface area (Å²) in [6.07, 6.45) is 1.05. The van der Waals surface area contributed by atoms with Crippen LogP contribution in [0.1, 0.15) is 39.7 Å². The molecule has 120 valence electrons. The van der Waals surface area contributed by atoms with Crippen molar-refractivity contribution >= 4 is 29.9 Å². The zero-order chi connectivity index (χ0) is 15.2. The molecule has 1 aromatic carbocycles. The fourth-order valence-corrected chi connectivity index (χ4v) is 1.92. The monoisotopic (exact) mass is 407 g/mol. The van der Waals surface area contributed by atoms with Crippen LogP contribution < -0.4 is 11.1 Å². The smallest absolute Gasteiger partial charge is 0.188 e. The highest BCUT2D eigenvalue weighted by Crippen LogP contribution is 2.25. The van der Waals surface area contributed by atoms with E-state index in [1.165, 1.54) is 6.07 Å². The van der Waals surface area contributed by atoms with Gasteiger partial charge in [0.2, 0.25) is 0 Å². The normalized spacial score (nSPS) is 12.2. The van der Waals surface area contributed by atoms with Crippen molar-refractivity contribution in [2.75, 3.05) is 13.1 Å². The Bertz CT molecular complexity index is 459. The molecule has 3 nitrogen and oxygen atoms in total. The molecular weight excluding hydrogens is 380 g/mol. The Morgan fingerprint density at radius 2 is 1.95 bits per heavy atom. The summed E-state index contributed by atoms with van der Waals surface area (Å²) in [5, 5.41) is 3.09. The fourth-order valence-electron chi connectivity index (χ4n) is 1.92. The van der Waals surface area contributed by atoms with E-state index >= 15 is 0 Å². The molecule has 0 unspecified atom stereocenters. The van der Waals surface area contributed by atoms with Gasteiger partial charge in [-0.05, 0) is 24.0 Å². The van der Waals surface area contributed by atoms with Gasteiger partial charge in [0.1, 0.15) is 5.82 Å². The number of guanidine groups is 1. The molecule has 1 aromatic rings. The number of hydrogen-bond donors (Lipinski definition) is 2. The van der Waals surface area contributed by atoms with Crippen LogP contribution >= 0.6 is 24.0 Å². The summed E-state index contributed by atoms with van der Waals surface area (Å²) in [7, 11) is 0. The SMILES string of the molecule is CC(C)CCNC(N)=NCC(C)(C)c1ccccc1F.I. The molecule has 5 heteroatoms. The number of nitrogens with two attached hydrogens (primary N) is 1. The van der Waals surface area contributed by atoms with Gasteiger partial charge in [-0.3, -0.25) is 4.99 Å². The van der Waals surface area contributed by atoms with Crippen LogP contribution in [0.15, 0.2) is 29.3 Å². The van der Waals surface area contributed by atoms with Gasteiger partial charge in [0.05, 0.1) is 6.54 Å². The molecule has 0 heterocycles. The number of aliphatic imine (C=N–C) groups is 1. The maximum atomic E-state index is 13.8. The summed E-state index contributed by atoms with van der Waals surface area (Å²) in [6, 6.07) is 6.81. The van der Waals surface area contributed by atoms with Gasteiger partial charge in [-0.2, -0.15) is 0 Å². The van der Waals surface area contributed by atoms with E-state index in [1.807, 2.05) is 19.9 Å². The molecule has 0 aliphatic carbocycles. The first kappa shape index (κ1) is 20.1. The third-order valence-corrected chi connectivity index (χ3v) is 3.28. The van der Waals surface area contributed by atoms with Gasteiger partial charge in [0, 0.05) is 12.0 Å². The van der Waals surface area contributed by atoms with Gasteiger partial charge < -0.3 is 11.1 Å². The van der Waals surface area contributed by atoms with Gasteiger partial charge in [-0.15, -0.1) is 24.0 Å². The van der Waals surface area contributed by atoms with Gasteiger partial charge >= 0.3 is 0 Å². The quantitative estimate of drug-likeness (QED) is 0.430. The highest BCUT2D eigenvalue weighted by Gasteiger charge is 2.23. The molecule has 0 radical (unpaired) electrons. The zero-order valence-electron chi connectivity index (χ0n) is 13.3. The van der Waals surface area contributed by atoms with Crippen LogP contribution in [0.2, 0.25) is 0 Å². The summed E-state index contributed by atoms with van der Waals surface area (Å²) in [5.74, 6) is 0.860. The number of benzene rings is 1. The lowest BCUT2D eigenvalue weighted by Crippen LogP contribution is -2.34. The molecule has 21 heavy (non-hydrogen) atoms. The Hall–Kier alpha value is -0.850. The molecule has 0 atom stereocenters. The largest absolute Gasteiger partial charge is 0.370 e. The van der Waals surface area contributed by atoms with Crippen molar-refractivity contribution in [1.82, 2.24) is 5.32 Å². The van der Waals surface area contributed by atoms with Crippen LogP contribution in [-0.2, 0) is 5.41 Å². The Labute approximate surface area is 144 Å². The minimum Gasteiger partial charge on any atom is -0.370 e. The van der Waals surface area contributed by atoms with E-state index in [1.54, 1.807) is 12.1 Å². The topological polar surface area (TPSA) is 50.4 Å². The van der Waals surface area contributed by atoms with Crippen molar-refractivity contribution in [3.63, 3.8) is 0 Å². The van der Waals surface area contributed by atoms with Crippen LogP contribution in [0, 0.1) is 11.7 Å². The van der Waals surface area contributed by atoms with E-state index in [4.69, 9.17) is 5.73 Å². The van der Waals surface area contributed by atoms with Gasteiger partial charge in [0.15, 0.2) is 5.96 Å². The second kappa shape index (κ2) is 9.23. The molecule has 0 saturated carbocycles. The highest BCUT2D eigenvalue weighted by atomic mass is 127. The molecule has 0 aliphatic heterocycles. The maximum Gasteiger partial charge on any atom is 0.188 e. The molecule has 0 aliphatic rings. The Balaban J connectivity index is 0.00000400. The number of halogens is 2. The second-order valence-corrected chi connectivity index (χ2v) is 6.17. The van der Waals surface area contributed by atoms with E-state index in [2.05, 4.69) is 24.2 Å². The maximum absolute atomic E-state index is 13.8. The highest BCUT2D eigenvalue weighted by molar-refractivity contribution is 14.0. The van der Waals surface area contributed by atoms with Crippen molar-refractivity contribution in [2.45, 2.75) is 39.5 Å². The number of hydrogen-bond acceptors (Lipinski definition) is 1. The second-order valence-electron chi connectivity index (χ2n) is 6.17. The number of rotatable bonds is 6. The van der Waals surface area contributed by atoms with Crippen molar-refractivity contribution in [3.8, 4) is 0 Å². The molecule has 0 spiro atoms. The minimum atomic E-state index is -0.379. The zero-order valence-corrected chi connectivity index (χ0v) is 15.6. The lowest BCUT2D eigenvalue weighted by atomic mass is 9.84. The standard InChI is InChI=1S/C16H26FN3.HI/c1-12(2)9-10-19-15(18)20-11-16(3,4)13-7-5-6-8-14(13)17;/h5-8,12H,9-11H2,1-4H3,(H3,18,19,20);1H. The average molecular weight is 407 g/mol. The minimum absolute atomic E-state index is 0. The first-order valence-corrected chi connectivity index (χ1v) is 7.11. The summed E-state index contributed by atoms with van der Waals surface area (Å²) >= 11 is 0. The summed E-state index contributed by atoms with van der Waals surface area (Å²) < 4.78 is 13.8. The summed E-state index contributed by atoms with van der Waals surface area (Å²) in [5.41, 5.74) is 6.11. The van der Waals surface area contributed by atoms with Crippen LogP contribution in [0.3, 0.4) is 0 Å². The van der Waals surface area contributed by atoms with Gasteiger partial charge in [-0.25, -0.2) is 4.39 Å². The molecule has 0 bridgehead atoms. The van der Waals surface area contributed by atoms with Crippen LogP contribution in [-0.4, -0.2) is 19.0 Å². The van der Waals surface area contributed by atoms with E-state index in [0.29, 0.717) is 24.0 Å². The molecule has 0 fully saturated rings. The third kappa shape index (κ3) is 7.11. The predicted octanol–water partition coefficient (Wildman–Crippen LogP) is 3.67. The molecule has 0 saturated heterocycles. The Morgan fingerprint density at radius 1 is 1.33 bits per heavy atom. The van der Waals surface area contributed by atoms with Crippen molar-refractivity contribution in [2.24, 2.45) is 16.6 Å². The first-order valence-electron chi connectivity index (χ1n) is 7.11. The average Bonchev–Trinajstić information content (AvgIpc) is 2.36. The molecule has 3 N–H and O–H groups in total.